The molecule has 0 bridgehead atoms. The zero-order chi connectivity index (χ0) is 10.7. The Balaban J connectivity index is 1.92. The maximum Gasteiger partial charge on any atom is 0.142 e. The minimum Gasteiger partial charge on any atom is -0.382 e. The summed E-state index contributed by atoms with van der Waals surface area (Å²) in [7, 11) is 0. The van der Waals surface area contributed by atoms with Crippen molar-refractivity contribution < 1.29 is 0 Å². The van der Waals surface area contributed by atoms with Crippen molar-refractivity contribution in [2.75, 3.05) is 30.7 Å². The van der Waals surface area contributed by atoms with Crippen LogP contribution in [0.15, 0.2) is 6.20 Å². The Morgan fingerprint density at radius 3 is 3.27 bits per heavy atom. The molecule has 1 saturated heterocycles. The second kappa shape index (κ2) is 4.53. The first kappa shape index (κ1) is 10.3. The van der Waals surface area contributed by atoms with Gasteiger partial charge in [0, 0.05) is 12.6 Å². The van der Waals surface area contributed by atoms with Crippen molar-refractivity contribution in [2.24, 2.45) is 0 Å². The summed E-state index contributed by atoms with van der Waals surface area (Å²) in [5, 5.41) is 10.1. The van der Waals surface area contributed by atoms with E-state index in [2.05, 4.69) is 27.3 Å². The van der Waals surface area contributed by atoms with Crippen molar-refractivity contribution in [3.63, 3.8) is 0 Å². The summed E-state index contributed by atoms with van der Waals surface area (Å²) in [5.74, 6) is 0.628. The fourth-order valence-electron chi connectivity index (χ4n) is 2.09. The summed E-state index contributed by atoms with van der Waals surface area (Å²) in [5.41, 5.74) is 6.66. The third-order valence-electron chi connectivity index (χ3n) is 2.98. The number of nitrogens with one attached hydrogen (secondary N) is 2. The maximum absolute atomic E-state index is 5.73. The maximum atomic E-state index is 5.73. The van der Waals surface area contributed by atoms with Gasteiger partial charge in [0.05, 0.1) is 11.9 Å². The van der Waals surface area contributed by atoms with Crippen LogP contribution in [0.25, 0.3) is 0 Å². The van der Waals surface area contributed by atoms with Crippen LogP contribution in [0.4, 0.5) is 11.5 Å². The summed E-state index contributed by atoms with van der Waals surface area (Å²) in [6, 6.07) is 0.499. The van der Waals surface area contributed by atoms with E-state index >= 15 is 0 Å². The highest BCUT2D eigenvalue weighted by molar-refractivity contribution is 5.60. The predicted octanol–water partition coefficient (Wildman–Crippen LogP) is 0.888. The number of nitrogens with two attached hydrogens (primary N) is 1. The van der Waals surface area contributed by atoms with Crippen LogP contribution in [0.3, 0.4) is 0 Å². The molecule has 0 aliphatic carbocycles. The first-order valence-corrected chi connectivity index (χ1v) is 5.57. The molecule has 5 nitrogen and oxygen atoms in total. The number of rotatable bonds is 3. The number of anilines is 2. The Morgan fingerprint density at radius 1 is 1.73 bits per heavy atom. The first-order valence-electron chi connectivity index (χ1n) is 5.57. The number of hydrogen-bond acceptors (Lipinski definition) is 4. The van der Waals surface area contributed by atoms with Crippen molar-refractivity contribution in [3.05, 3.63) is 6.20 Å². The standard InChI is InChI=1S/C10H19N5/c1-2-15-5-3-4-8(7-15)13-9-6-12-14-10(9)11/h6,8,13H,2-5,7H2,1H3,(H3,11,12,14). The Labute approximate surface area is 90.0 Å². The third kappa shape index (κ3) is 2.41. The summed E-state index contributed by atoms with van der Waals surface area (Å²) in [6.07, 6.45) is 4.21. The number of aromatic nitrogens is 2. The minimum absolute atomic E-state index is 0.499. The lowest BCUT2D eigenvalue weighted by molar-refractivity contribution is 0.227. The van der Waals surface area contributed by atoms with Crippen molar-refractivity contribution in [1.82, 2.24) is 15.1 Å². The minimum atomic E-state index is 0.499. The van der Waals surface area contributed by atoms with Gasteiger partial charge in [-0.2, -0.15) is 5.10 Å². The van der Waals surface area contributed by atoms with E-state index in [1.165, 1.54) is 19.4 Å². The molecule has 0 aromatic carbocycles. The average Bonchev–Trinajstić information content (AvgIpc) is 2.65. The van der Waals surface area contributed by atoms with Crippen molar-refractivity contribution >= 4 is 11.5 Å². The van der Waals surface area contributed by atoms with Crippen LogP contribution in [-0.2, 0) is 0 Å². The van der Waals surface area contributed by atoms with Gasteiger partial charge in [0.1, 0.15) is 5.82 Å². The van der Waals surface area contributed by atoms with Crippen LogP contribution in [0.5, 0.6) is 0 Å². The van der Waals surface area contributed by atoms with E-state index in [-0.39, 0.29) is 0 Å². The van der Waals surface area contributed by atoms with Gasteiger partial charge in [0.2, 0.25) is 0 Å². The Kier molecular flexibility index (Phi) is 3.11. The SMILES string of the molecule is CCN1CCCC(Nc2cn[nH]c2N)C1. The molecule has 0 saturated carbocycles. The zero-order valence-electron chi connectivity index (χ0n) is 9.16. The van der Waals surface area contributed by atoms with Crippen LogP contribution < -0.4 is 11.1 Å². The van der Waals surface area contributed by atoms with Gasteiger partial charge in [0.25, 0.3) is 0 Å². The number of nitrogen functional groups attached to an aromatic ring is 1. The van der Waals surface area contributed by atoms with E-state index in [9.17, 15) is 0 Å². The monoisotopic (exact) mass is 209 g/mol. The molecule has 2 heterocycles. The van der Waals surface area contributed by atoms with Crippen LogP contribution in [0.1, 0.15) is 19.8 Å². The number of aromatic amines is 1. The highest BCUT2D eigenvalue weighted by atomic mass is 15.2. The van der Waals surface area contributed by atoms with Crippen molar-refractivity contribution in [3.8, 4) is 0 Å². The van der Waals surface area contributed by atoms with Gasteiger partial charge < -0.3 is 16.0 Å². The van der Waals surface area contributed by atoms with E-state index in [1.807, 2.05) is 0 Å². The lowest BCUT2D eigenvalue weighted by Gasteiger charge is -2.32. The third-order valence-corrected chi connectivity index (χ3v) is 2.98. The Hall–Kier alpha value is -1.23. The van der Waals surface area contributed by atoms with Gasteiger partial charge >= 0.3 is 0 Å². The summed E-state index contributed by atoms with van der Waals surface area (Å²) >= 11 is 0. The van der Waals surface area contributed by atoms with Gasteiger partial charge in [-0.1, -0.05) is 6.92 Å². The normalized spacial score (nSPS) is 22.9. The fourth-order valence-corrected chi connectivity index (χ4v) is 2.09. The van der Waals surface area contributed by atoms with Crippen LogP contribution >= 0.6 is 0 Å². The predicted molar refractivity (Wildman–Crippen MR) is 61.8 cm³/mol. The molecule has 5 heteroatoms. The second-order valence-electron chi connectivity index (χ2n) is 4.07. The Morgan fingerprint density at radius 2 is 2.60 bits per heavy atom. The van der Waals surface area contributed by atoms with Gasteiger partial charge in [-0.25, -0.2) is 0 Å². The molecule has 0 spiro atoms. The van der Waals surface area contributed by atoms with Gasteiger partial charge in [-0.3, -0.25) is 5.10 Å². The summed E-state index contributed by atoms with van der Waals surface area (Å²) in [6.45, 7) is 5.64. The van der Waals surface area contributed by atoms with Gasteiger partial charge in [-0.05, 0) is 25.9 Å². The number of hydrogen-bond donors (Lipinski definition) is 3. The van der Waals surface area contributed by atoms with Crippen LogP contribution in [0, 0.1) is 0 Å². The molecule has 1 aliphatic rings. The molecule has 2 rings (SSSR count). The molecule has 1 atom stereocenters. The number of likely N-dealkylation sites (N-methyl/N-ethyl adjacent to an activating group) is 1. The smallest absolute Gasteiger partial charge is 0.142 e. The molecule has 1 aromatic heterocycles. The molecule has 1 aromatic rings. The molecular weight excluding hydrogens is 190 g/mol. The first-order chi connectivity index (χ1) is 7.29. The number of piperidine rings is 1. The molecule has 4 N–H and O–H groups in total. The molecule has 1 fully saturated rings. The molecule has 84 valence electrons. The fraction of sp³-hybridized carbons (Fsp3) is 0.700. The van der Waals surface area contributed by atoms with Crippen molar-refractivity contribution in [1.29, 1.82) is 0 Å². The number of likely N-dealkylation sites (tertiary alicyclic amines) is 1. The molecular formula is C10H19N5. The number of H-pyrrole nitrogens is 1. The largest absolute Gasteiger partial charge is 0.382 e. The van der Waals surface area contributed by atoms with Crippen molar-refractivity contribution in [2.45, 2.75) is 25.8 Å². The van der Waals surface area contributed by atoms with E-state index < -0.39 is 0 Å². The summed E-state index contributed by atoms with van der Waals surface area (Å²) < 4.78 is 0. The quantitative estimate of drug-likeness (QED) is 0.691. The topological polar surface area (TPSA) is 70.0 Å². The Bertz CT molecular complexity index is 309. The summed E-state index contributed by atoms with van der Waals surface area (Å²) in [4.78, 5) is 2.46. The molecule has 15 heavy (non-hydrogen) atoms. The van der Waals surface area contributed by atoms with Gasteiger partial charge in [0.15, 0.2) is 0 Å². The van der Waals surface area contributed by atoms with Crippen LogP contribution in [0.2, 0.25) is 0 Å². The molecule has 0 radical (unpaired) electrons. The molecule has 0 amide bonds. The van der Waals surface area contributed by atoms with E-state index in [4.69, 9.17) is 5.73 Å². The second-order valence-corrected chi connectivity index (χ2v) is 4.07. The van der Waals surface area contributed by atoms with E-state index in [0.717, 1.165) is 18.8 Å². The lowest BCUT2D eigenvalue weighted by Crippen LogP contribution is -2.41. The van der Waals surface area contributed by atoms with E-state index in [0.29, 0.717) is 11.9 Å². The molecule has 1 unspecified atom stereocenters. The van der Waals surface area contributed by atoms with Crippen LogP contribution in [-0.4, -0.2) is 40.8 Å². The van der Waals surface area contributed by atoms with Gasteiger partial charge in [-0.15, -0.1) is 0 Å². The lowest BCUT2D eigenvalue weighted by atomic mass is 10.1. The highest BCUT2D eigenvalue weighted by Gasteiger charge is 2.19. The average molecular weight is 209 g/mol. The van der Waals surface area contributed by atoms with E-state index in [1.54, 1.807) is 6.20 Å². The highest BCUT2D eigenvalue weighted by Crippen LogP contribution is 2.18. The molecule has 1 aliphatic heterocycles. The number of nitrogens with zero attached hydrogens (tertiary/aromatic N) is 2. The zero-order valence-corrected chi connectivity index (χ0v) is 9.16.